The van der Waals surface area contributed by atoms with Gasteiger partial charge in [-0.2, -0.15) is 0 Å². The van der Waals surface area contributed by atoms with Crippen molar-refractivity contribution >= 4 is 11.8 Å². The Morgan fingerprint density at radius 2 is 1.85 bits per heavy atom. The fourth-order valence-corrected chi connectivity index (χ4v) is 1.01. The van der Waals surface area contributed by atoms with Gasteiger partial charge < -0.3 is 10.6 Å². The summed E-state index contributed by atoms with van der Waals surface area (Å²) in [5.41, 5.74) is 7.57. The van der Waals surface area contributed by atoms with E-state index in [1.165, 1.54) is 5.56 Å². The van der Waals surface area contributed by atoms with Gasteiger partial charge in [0.05, 0.1) is 0 Å². The molecule has 0 aliphatic rings. The quantitative estimate of drug-likeness (QED) is 0.712. The Hall–Kier alpha value is -1.28. The lowest BCUT2D eigenvalue weighted by Gasteiger charge is -2.03. The third kappa shape index (κ3) is 3.76. The van der Waals surface area contributed by atoms with Gasteiger partial charge >= 0.3 is 0 Å². The van der Waals surface area contributed by atoms with E-state index in [4.69, 9.17) is 5.73 Å². The summed E-state index contributed by atoms with van der Waals surface area (Å²) in [6.45, 7) is 0.963. The molecule has 0 saturated heterocycles. The Kier molecular flexibility index (Phi) is 3.53. The number of hydrogen-bond donors (Lipinski definition) is 1. The van der Waals surface area contributed by atoms with Crippen molar-refractivity contribution in [3.05, 3.63) is 35.9 Å². The van der Waals surface area contributed by atoms with Crippen molar-refractivity contribution in [3.63, 3.8) is 0 Å². The molecular formula is C11H16N2. The molecule has 0 aliphatic heterocycles. The van der Waals surface area contributed by atoms with Crippen molar-refractivity contribution in [2.45, 2.75) is 0 Å². The minimum Gasteiger partial charge on any atom is -0.399 e. The fraction of sp³-hybridized carbons (Fsp3) is 0.273. The molecule has 0 fully saturated rings. The molecule has 2 heteroatoms. The molecule has 0 radical (unpaired) electrons. The Balaban J connectivity index is 2.54. The first kappa shape index (κ1) is 9.81. The normalized spacial score (nSPS) is 11.3. The summed E-state index contributed by atoms with van der Waals surface area (Å²) < 4.78 is 0. The largest absolute Gasteiger partial charge is 0.399 e. The predicted octanol–water partition coefficient (Wildman–Crippen LogP) is 1.84. The maximum absolute atomic E-state index is 5.57. The molecule has 0 amide bonds. The topological polar surface area (TPSA) is 29.3 Å². The average molecular weight is 176 g/mol. The minimum atomic E-state index is 0.810. The highest BCUT2D eigenvalue weighted by Gasteiger charge is 1.86. The van der Waals surface area contributed by atoms with Crippen LogP contribution < -0.4 is 5.73 Å². The Labute approximate surface area is 79.7 Å². The van der Waals surface area contributed by atoms with Gasteiger partial charge in [-0.05, 0) is 31.8 Å². The van der Waals surface area contributed by atoms with Crippen molar-refractivity contribution in [2.24, 2.45) is 0 Å². The van der Waals surface area contributed by atoms with Crippen LogP contribution in [0.25, 0.3) is 6.08 Å². The van der Waals surface area contributed by atoms with Crippen molar-refractivity contribution in [1.82, 2.24) is 4.90 Å². The van der Waals surface area contributed by atoms with E-state index in [1.54, 1.807) is 0 Å². The van der Waals surface area contributed by atoms with Gasteiger partial charge in [0.15, 0.2) is 0 Å². The molecule has 1 aromatic carbocycles. The first-order chi connectivity index (χ1) is 6.18. The molecule has 1 rings (SSSR count). The number of likely N-dealkylation sites (N-methyl/N-ethyl adjacent to an activating group) is 1. The number of nitrogens with zero attached hydrogens (tertiary/aromatic N) is 1. The van der Waals surface area contributed by atoms with Crippen LogP contribution in [0, 0.1) is 0 Å². The molecule has 2 N–H and O–H groups in total. The summed E-state index contributed by atoms with van der Waals surface area (Å²) in [5.74, 6) is 0. The number of benzene rings is 1. The smallest absolute Gasteiger partial charge is 0.0314 e. The molecule has 13 heavy (non-hydrogen) atoms. The highest BCUT2D eigenvalue weighted by atomic mass is 15.0. The molecule has 70 valence electrons. The summed E-state index contributed by atoms with van der Waals surface area (Å²) >= 11 is 0. The van der Waals surface area contributed by atoms with E-state index in [1.807, 2.05) is 38.4 Å². The Morgan fingerprint density at radius 3 is 2.38 bits per heavy atom. The van der Waals surface area contributed by atoms with Crippen LogP contribution in [0.1, 0.15) is 5.56 Å². The van der Waals surface area contributed by atoms with Crippen LogP contribution in [0.2, 0.25) is 0 Å². The number of nitrogens with two attached hydrogens (primary N) is 1. The maximum atomic E-state index is 5.57. The molecular weight excluding hydrogens is 160 g/mol. The van der Waals surface area contributed by atoms with E-state index >= 15 is 0 Å². The first-order valence-corrected chi connectivity index (χ1v) is 4.35. The van der Waals surface area contributed by atoms with E-state index in [0.717, 1.165) is 12.2 Å². The summed E-state index contributed by atoms with van der Waals surface area (Å²) in [5, 5.41) is 0. The van der Waals surface area contributed by atoms with Gasteiger partial charge in [0.2, 0.25) is 0 Å². The monoisotopic (exact) mass is 176 g/mol. The molecule has 0 spiro atoms. The molecule has 0 aliphatic carbocycles. The zero-order chi connectivity index (χ0) is 9.68. The summed E-state index contributed by atoms with van der Waals surface area (Å²) in [6.07, 6.45) is 4.23. The Morgan fingerprint density at radius 1 is 1.23 bits per heavy atom. The molecule has 2 nitrogen and oxygen atoms in total. The van der Waals surface area contributed by atoms with Gasteiger partial charge in [-0.3, -0.25) is 0 Å². The van der Waals surface area contributed by atoms with E-state index in [9.17, 15) is 0 Å². The van der Waals surface area contributed by atoms with Gasteiger partial charge in [-0.1, -0.05) is 24.3 Å². The van der Waals surface area contributed by atoms with Crippen LogP contribution >= 0.6 is 0 Å². The zero-order valence-electron chi connectivity index (χ0n) is 8.20. The predicted molar refractivity (Wildman–Crippen MR) is 58.4 cm³/mol. The van der Waals surface area contributed by atoms with Gasteiger partial charge in [-0.25, -0.2) is 0 Å². The van der Waals surface area contributed by atoms with Crippen LogP contribution in [0.4, 0.5) is 5.69 Å². The maximum Gasteiger partial charge on any atom is 0.0314 e. The van der Waals surface area contributed by atoms with E-state index < -0.39 is 0 Å². The van der Waals surface area contributed by atoms with Crippen LogP contribution in [0.15, 0.2) is 30.3 Å². The average Bonchev–Trinajstić information content (AvgIpc) is 2.08. The number of anilines is 1. The first-order valence-electron chi connectivity index (χ1n) is 4.35. The van der Waals surface area contributed by atoms with Crippen LogP contribution in [-0.4, -0.2) is 25.5 Å². The van der Waals surface area contributed by atoms with Crippen molar-refractivity contribution < 1.29 is 0 Å². The summed E-state index contributed by atoms with van der Waals surface area (Å²) in [6, 6.07) is 7.85. The van der Waals surface area contributed by atoms with Crippen LogP contribution in [-0.2, 0) is 0 Å². The highest BCUT2D eigenvalue weighted by molar-refractivity contribution is 5.53. The molecule has 0 bridgehead atoms. The lowest BCUT2D eigenvalue weighted by Crippen LogP contribution is -2.10. The second-order valence-electron chi connectivity index (χ2n) is 3.33. The molecule has 0 heterocycles. The van der Waals surface area contributed by atoms with Gasteiger partial charge in [0.25, 0.3) is 0 Å². The molecule has 0 aromatic heterocycles. The van der Waals surface area contributed by atoms with E-state index in [0.29, 0.717) is 0 Å². The standard InChI is InChI=1S/C11H16N2/c1-13(2)9-3-4-10-5-7-11(12)8-6-10/h3-8H,9,12H2,1-2H3. The molecule has 0 atom stereocenters. The van der Waals surface area contributed by atoms with Gasteiger partial charge in [-0.15, -0.1) is 0 Å². The molecule has 0 saturated carbocycles. The molecule has 1 aromatic rings. The van der Waals surface area contributed by atoms with Crippen molar-refractivity contribution in [1.29, 1.82) is 0 Å². The van der Waals surface area contributed by atoms with Gasteiger partial charge in [0, 0.05) is 12.2 Å². The van der Waals surface area contributed by atoms with E-state index in [2.05, 4.69) is 17.1 Å². The number of nitrogen functional groups attached to an aromatic ring is 1. The number of rotatable bonds is 3. The van der Waals surface area contributed by atoms with E-state index in [-0.39, 0.29) is 0 Å². The van der Waals surface area contributed by atoms with Crippen molar-refractivity contribution in [2.75, 3.05) is 26.4 Å². The Bertz CT molecular complexity index is 273. The van der Waals surface area contributed by atoms with Crippen LogP contribution in [0.3, 0.4) is 0 Å². The summed E-state index contributed by atoms with van der Waals surface area (Å²) in [4.78, 5) is 2.12. The summed E-state index contributed by atoms with van der Waals surface area (Å²) in [7, 11) is 4.10. The lowest BCUT2D eigenvalue weighted by atomic mass is 10.2. The zero-order valence-corrected chi connectivity index (χ0v) is 8.20. The fourth-order valence-electron chi connectivity index (χ4n) is 1.01. The highest BCUT2D eigenvalue weighted by Crippen LogP contribution is 2.06. The molecule has 0 unspecified atom stereocenters. The minimum absolute atomic E-state index is 0.810. The third-order valence-corrected chi connectivity index (χ3v) is 1.72. The lowest BCUT2D eigenvalue weighted by molar-refractivity contribution is 0.457. The van der Waals surface area contributed by atoms with Crippen molar-refractivity contribution in [3.8, 4) is 0 Å². The van der Waals surface area contributed by atoms with Gasteiger partial charge in [0.1, 0.15) is 0 Å². The van der Waals surface area contributed by atoms with Crippen LogP contribution in [0.5, 0.6) is 0 Å². The SMILES string of the molecule is CN(C)CC=Cc1ccc(N)cc1. The third-order valence-electron chi connectivity index (χ3n) is 1.72. The second kappa shape index (κ2) is 4.67. The second-order valence-corrected chi connectivity index (χ2v) is 3.33. The number of hydrogen-bond acceptors (Lipinski definition) is 2.